The number of aromatic nitrogens is 2. The van der Waals surface area contributed by atoms with E-state index in [1.165, 1.54) is 65.6 Å². The zero-order valence-corrected chi connectivity index (χ0v) is 17.9. The Bertz CT molecular complexity index is 1120. The predicted octanol–water partition coefficient (Wildman–Crippen LogP) is 3.62. The van der Waals surface area contributed by atoms with Crippen molar-refractivity contribution >= 4 is 49.8 Å². The van der Waals surface area contributed by atoms with Crippen molar-refractivity contribution in [1.82, 2.24) is 10.2 Å². The third-order valence-electron chi connectivity index (χ3n) is 3.89. The van der Waals surface area contributed by atoms with Crippen LogP contribution in [0.2, 0.25) is 0 Å². The van der Waals surface area contributed by atoms with Crippen molar-refractivity contribution in [1.29, 1.82) is 0 Å². The van der Waals surface area contributed by atoms with Crippen LogP contribution in [0.25, 0.3) is 0 Å². The molecule has 11 heteroatoms. The zero-order chi connectivity index (χ0) is 21.0. The van der Waals surface area contributed by atoms with Gasteiger partial charge in [-0.2, -0.15) is 0 Å². The Morgan fingerprint density at radius 1 is 1.17 bits per heavy atom. The molecule has 1 aromatic heterocycles. The van der Waals surface area contributed by atoms with E-state index in [-0.39, 0.29) is 18.0 Å². The van der Waals surface area contributed by atoms with Crippen molar-refractivity contribution in [3.63, 3.8) is 0 Å². The average Bonchev–Trinajstić information content (AvgIpc) is 3.14. The van der Waals surface area contributed by atoms with Crippen LogP contribution in [0.4, 0.5) is 15.2 Å². The lowest BCUT2D eigenvalue weighted by Crippen LogP contribution is -2.29. The summed E-state index contributed by atoms with van der Waals surface area (Å²) < 4.78 is 40.3. The fourth-order valence-electron chi connectivity index (χ4n) is 2.47. The molecule has 0 unspecified atom stereocenters. The summed E-state index contributed by atoms with van der Waals surface area (Å²) in [6, 6.07) is 12.0. The lowest BCUT2D eigenvalue weighted by Gasteiger charge is -2.23. The number of carbonyl (C=O) groups excluding carboxylic acids is 1. The van der Waals surface area contributed by atoms with E-state index in [0.29, 0.717) is 16.4 Å². The molecule has 3 rings (SSSR count). The molecule has 0 bridgehead atoms. The average molecular weight is 453 g/mol. The van der Waals surface area contributed by atoms with E-state index in [1.54, 1.807) is 6.07 Å². The third kappa shape index (κ3) is 5.31. The molecular weight excluding hydrogens is 435 g/mol. The Balaban J connectivity index is 1.80. The van der Waals surface area contributed by atoms with Gasteiger partial charge in [-0.25, -0.2) is 12.8 Å². The molecular formula is C18H17FN4O3S3. The van der Waals surface area contributed by atoms with Crippen LogP contribution < -0.4 is 9.62 Å². The Morgan fingerprint density at radius 2 is 1.86 bits per heavy atom. The van der Waals surface area contributed by atoms with Crippen LogP contribution >= 0.6 is 23.1 Å². The summed E-state index contributed by atoms with van der Waals surface area (Å²) in [4.78, 5) is 12.4. The van der Waals surface area contributed by atoms with Gasteiger partial charge in [-0.1, -0.05) is 41.3 Å². The minimum Gasteiger partial charge on any atom is -0.296 e. The number of sulfonamides is 1. The van der Waals surface area contributed by atoms with Crippen molar-refractivity contribution in [2.75, 3.05) is 22.1 Å². The first kappa shape index (κ1) is 21.2. The van der Waals surface area contributed by atoms with Gasteiger partial charge in [-0.3, -0.25) is 14.4 Å². The summed E-state index contributed by atoms with van der Waals surface area (Å²) >= 11 is 2.68. The topological polar surface area (TPSA) is 92.3 Å². The molecule has 7 nitrogen and oxygen atoms in total. The van der Waals surface area contributed by atoms with Gasteiger partial charge in [0.1, 0.15) is 5.82 Å². The molecule has 1 amide bonds. The van der Waals surface area contributed by atoms with E-state index in [1.807, 2.05) is 6.26 Å². The maximum absolute atomic E-state index is 14.0. The highest BCUT2D eigenvalue weighted by atomic mass is 32.2. The van der Waals surface area contributed by atoms with Crippen LogP contribution in [0, 0.1) is 5.82 Å². The first-order valence-corrected chi connectivity index (χ1v) is 12.2. The molecule has 1 heterocycles. The Morgan fingerprint density at radius 3 is 2.45 bits per heavy atom. The standard InChI is InChI=1S/C18H17FN4O3S3/c1-27-18-22-21-17(28-18)20-16(24)12-7-9-14(10-8-12)23(29(2,25)26)11-13-5-3-4-6-15(13)19/h3-10H,11H2,1-2H3,(H,20,21,24). The van der Waals surface area contributed by atoms with E-state index in [9.17, 15) is 17.6 Å². The highest BCUT2D eigenvalue weighted by Gasteiger charge is 2.20. The van der Waals surface area contributed by atoms with Crippen molar-refractivity contribution < 1.29 is 17.6 Å². The van der Waals surface area contributed by atoms with Crippen molar-refractivity contribution in [2.24, 2.45) is 0 Å². The Labute approximate surface area is 176 Å². The number of hydrogen-bond acceptors (Lipinski definition) is 7. The van der Waals surface area contributed by atoms with Gasteiger partial charge >= 0.3 is 0 Å². The number of rotatable bonds is 7. The maximum atomic E-state index is 14.0. The SMILES string of the molecule is CSc1nnc(NC(=O)c2ccc(N(Cc3ccccc3F)S(C)(=O)=O)cc2)s1. The summed E-state index contributed by atoms with van der Waals surface area (Å²) in [5.41, 5.74) is 0.905. The number of benzene rings is 2. The largest absolute Gasteiger partial charge is 0.296 e. The van der Waals surface area contributed by atoms with Crippen LogP contribution in [0.15, 0.2) is 52.9 Å². The molecule has 0 aliphatic carbocycles. The molecule has 3 aromatic rings. The van der Waals surface area contributed by atoms with Gasteiger partial charge in [0.25, 0.3) is 5.91 Å². The number of thioether (sulfide) groups is 1. The highest BCUT2D eigenvalue weighted by molar-refractivity contribution is 8.00. The second kappa shape index (κ2) is 8.89. The van der Waals surface area contributed by atoms with E-state index >= 15 is 0 Å². The fraction of sp³-hybridized carbons (Fsp3) is 0.167. The highest BCUT2D eigenvalue weighted by Crippen LogP contribution is 2.25. The normalized spacial score (nSPS) is 11.3. The van der Waals surface area contributed by atoms with E-state index in [0.717, 1.165) is 14.9 Å². The Hall–Kier alpha value is -2.50. The van der Waals surface area contributed by atoms with E-state index in [4.69, 9.17) is 0 Å². The summed E-state index contributed by atoms with van der Waals surface area (Å²) in [5, 5.41) is 10.8. The monoisotopic (exact) mass is 452 g/mol. The first-order valence-electron chi connectivity index (χ1n) is 8.28. The number of halogens is 1. The number of anilines is 2. The van der Waals surface area contributed by atoms with Gasteiger partial charge in [0.2, 0.25) is 15.2 Å². The van der Waals surface area contributed by atoms with Crippen LogP contribution in [0.5, 0.6) is 0 Å². The lowest BCUT2D eigenvalue weighted by molar-refractivity contribution is 0.102. The minimum atomic E-state index is -3.67. The number of amides is 1. The van der Waals surface area contributed by atoms with Gasteiger partial charge in [-0.15, -0.1) is 10.2 Å². The lowest BCUT2D eigenvalue weighted by atomic mass is 10.1. The van der Waals surface area contributed by atoms with Gasteiger partial charge in [0.05, 0.1) is 18.5 Å². The Kier molecular flexibility index (Phi) is 6.50. The smallest absolute Gasteiger partial charge is 0.257 e. The van der Waals surface area contributed by atoms with Gasteiger partial charge < -0.3 is 0 Å². The van der Waals surface area contributed by atoms with E-state index in [2.05, 4.69) is 15.5 Å². The molecule has 0 atom stereocenters. The fourth-order valence-corrected chi connectivity index (χ4v) is 4.52. The molecule has 0 aliphatic heterocycles. The molecule has 29 heavy (non-hydrogen) atoms. The number of hydrogen-bond donors (Lipinski definition) is 1. The van der Waals surface area contributed by atoms with Crippen LogP contribution in [0.1, 0.15) is 15.9 Å². The van der Waals surface area contributed by atoms with Crippen molar-refractivity contribution in [3.8, 4) is 0 Å². The van der Waals surface area contributed by atoms with Gasteiger partial charge in [-0.05, 0) is 36.6 Å². The molecule has 1 N–H and O–H groups in total. The number of nitrogens with one attached hydrogen (secondary N) is 1. The third-order valence-corrected chi connectivity index (χ3v) is 6.85. The second-order valence-electron chi connectivity index (χ2n) is 5.94. The summed E-state index contributed by atoms with van der Waals surface area (Å²) in [6.07, 6.45) is 2.91. The molecule has 0 saturated heterocycles. The minimum absolute atomic E-state index is 0.153. The van der Waals surface area contributed by atoms with Gasteiger partial charge in [0, 0.05) is 11.1 Å². The summed E-state index contributed by atoms with van der Waals surface area (Å²) in [7, 11) is -3.67. The van der Waals surface area contributed by atoms with E-state index < -0.39 is 15.8 Å². The quantitative estimate of drug-likeness (QED) is 0.435. The molecule has 0 spiro atoms. The van der Waals surface area contributed by atoms with Crippen LogP contribution in [0.3, 0.4) is 0 Å². The molecule has 0 fully saturated rings. The van der Waals surface area contributed by atoms with Crippen LogP contribution in [-0.2, 0) is 16.6 Å². The number of nitrogens with zero attached hydrogens (tertiary/aromatic N) is 3. The predicted molar refractivity (Wildman–Crippen MR) is 114 cm³/mol. The molecule has 152 valence electrons. The first-order chi connectivity index (χ1) is 13.8. The maximum Gasteiger partial charge on any atom is 0.257 e. The zero-order valence-electron chi connectivity index (χ0n) is 15.5. The summed E-state index contributed by atoms with van der Waals surface area (Å²) in [6.45, 7) is -0.153. The summed E-state index contributed by atoms with van der Waals surface area (Å²) in [5.74, 6) is -0.876. The molecule has 0 saturated carbocycles. The van der Waals surface area contributed by atoms with Crippen molar-refractivity contribution in [2.45, 2.75) is 10.9 Å². The number of carbonyl (C=O) groups is 1. The molecule has 0 aliphatic rings. The molecule has 2 aromatic carbocycles. The molecule has 0 radical (unpaired) electrons. The van der Waals surface area contributed by atoms with Gasteiger partial charge in [0.15, 0.2) is 4.34 Å². The second-order valence-corrected chi connectivity index (χ2v) is 9.88. The van der Waals surface area contributed by atoms with Crippen molar-refractivity contribution in [3.05, 3.63) is 65.5 Å². The van der Waals surface area contributed by atoms with Crippen LogP contribution in [-0.4, -0.2) is 37.0 Å².